The summed E-state index contributed by atoms with van der Waals surface area (Å²) in [7, 11) is 0. The molecule has 0 saturated carbocycles. The fourth-order valence-electron chi connectivity index (χ4n) is 2.98. The summed E-state index contributed by atoms with van der Waals surface area (Å²) >= 11 is 0. The van der Waals surface area contributed by atoms with E-state index in [0.717, 1.165) is 18.9 Å². The van der Waals surface area contributed by atoms with Crippen molar-refractivity contribution in [3.05, 3.63) is 41.9 Å². The van der Waals surface area contributed by atoms with Gasteiger partial charge in [0.25, 0.3) is 0 Å². The number of carbonyl (C=O) groups excluding carboxylic acids is 1. The molecular formula is C18H21F3N6O. The molecule has 0 radical (unpaired) electrons. The summed E-state index contributed by atoms with van der Waals surface area (Å²) in [6.07, 6.45) is 0.0839. The zero-order chi connectivity index (χ0) is 20.1. The van der Waals surface area contributed by atoms with Crippen molar-refractivity contribution in [1.29, 1.82) is 0 Å². The molecule has 10 heteroatoms. The van der Waals surface area contributed by atoms with Gasteiger partial charge in [-0.3, -0.25) is 0 Å². The van der Waals surface area contributed by atoms with Crippen LogP contribution >= 0.6 is 0 Å². The zero-order valence-electron chi connectivity index (χ0n) is 15.3. The van der Waals surface area contributed by atoms with Gasteiger partial charge in [-0.25, -0.2) is 9.78 Å². The maximum absolute atomic E-state index is 13.1. The lowest BCUT2D eigenvalue weighted by Gasteiger charge is -2.33. The van der Waals surface area contributed by atoms with E-state index >= 15 is 0 Å². The smallest absolute Gasteiger partial charge is 0.356 e. The molecule has 2 amide bonds. The summed E-state index contributed by atoms with van der Waals surface area (Å²) in [4.78, 5) is 17.8. The second-order valence-corrected chi connectivity index (χ2v) is 6.79. The molecule has 28 heavy (non-hydrogen) atoms. The molecule has 0 atom stereocenters. The molecule has 0 aromatic carbocycles. The summed E-state index contributed by atoms with van der Waals surface area (Å²) in [6, 6.07) is 3.40. The Morgan fingerprint density at radius 3 is 2.61 bits per heavy atom. The second-order valence-electron chi connectivity index (χ2n) is 6.79. The first kappa shape index (κ1) is 19.8. The molecule has 2 aromatic heterocycles. The second kappa shape index (κ2) is 8.41. The van der Waals surface area contributed by atoms with Gasteiger partial charge in [-0.1, -0.05) is 13.0 Å². The number of alkyl halides is 3. The number of amides is 2. The van der Waals surface area contributed by atoms with Gasteiger partial charge in [0.05, 0.1) is 18.1 Å². The highest BCUT2D eigenvalue weighted by Gasteiger charge is 2.34. The lowest BCUT2D eigenvalue weighted by molar-refractivity contribution is -0.141. The highest BCUT2D eigenvalue weighted by atomic mass is 19.4. The summed E-state index contributed by atoms with van der Waals surface area (Å²) < 4.78 is 39.3. The SMILES string of the molecule is CC1CCN(c2nc(C(F)(F)F)ccc2CNC(=O)Nc2ccnnc2)CC1. The molecule has 150 valence electrons. The topological polar surface area (TPSA) is 83.0 Å². The lowest BCUT2D eigenvalue weighted by Crippen LogP contribution is -2.35. The van der Waals surface area contributed by atoms with Crippen molar-refractivity contribution in [1.82, 2.24) is 20.5 Å². The van der Waals surface area contributed by atoms with E-state index in [2.05, 4.69) is 32.7 Å². The van der Waals surface area contributed by atoms with Crippen LogP contribution in [0.2, 0.25) is 0 Å². The van der Waals surface area contributed by atoms with E-state index < -0.39 is 17.9 Å². The van der Waals surface area contributed by atoms with Gasteiger partial charge in [-0.2, -0.15) is 23.4 Å². The van der Waals surface area contributed by atoms with Crippen molar-refractivity contribution < 1.29 is 18.0 Å². The molecule has 2 N–H and O–H groups in total. The van der Waals surface area contributed by atoms with Crippen molar-refractivity contribution in [2.75, 3.05) is 23.3 Å². The number of nitrogens with zero attached hydrogens (tertiary/aromatic N) is 4. The number of carbonyl (C=O) groups is 1. The van der Waals surface area contributed by atoms with Gasteiger partial charge in [0, 0.05) is 25.2 Å². The molecule has 1 aliphatic rings. The molecule has 0 aliphatic carbocycles. The molecular weight excluding hydrogens is 373 g/mol. The summed E-state index contributed by atoms with van der Waals surface area (Å²) in [6.45, 7) is 3.45. The Bertz CT molecular complexity index is 807. The predicted octanol–water partition coefficient (Wildman–Crippen LogP) is 3.45. The van der Waals surface area contributed by atoms with Crippen molar-refractivity contribution >= 4 is 17.5 Å². The molecule has 3 heterocycles. The van der Waals surface area contributed by atoms with Gasteiger partial charge in [-0.15, -0.1) is 0 Å². The number of pyridine rings is 1. The highest BCUT2D eigenvalue weighted by Crippen LogP contribution is 2.32. The first-order chi connectivity index (χ1) is 13.3. The number of hydrogen-bond donors (Lipinski definition) is 2. The molecule has 3 rings (SSSR count). The van der Waals surface area contributed by atoms with Gasteiger partial charge >= 0.3 is 12.2 Å². The normalized spacial score (nSPS) is 15.4. The number of nitrogens with one attached hydrogen (secondary N) is 2. The van der Waals surface area contributed by atoms with Gasteiger partial charge in [0.15, 0.2) is 0 Å². The first-order valence-electron chi connectivity index (χ1n) is 8.96. The number of anilines is 2. The maximum atomic E-state index is 13.1. The van der Waals surface area contributed by atoms with E-state index in [1.54, 1.807) is 6.07 Å². The molecule has 2 aromatic rings. The minimum absolute atomic E-state index is 0.0524. The maximum Gasteiger partial charge on any atom is 0.433 e. The molecule has 1 saturated heterocycles. The minimum Gasteiger partial charge on any atom is -0.356 e. The quantitative estimate of drug-likeness (QED) is 0.830. The summed E-state index contributed by atoms with van der Waals surface area (Å²) in [5.41, 5.74) is 0.0611. The molecule has 1 fully saturated rings. The van der Waals surface area contributed by atoms with E-state index in [1.165, 1.54) is 18.5 Å². The third-order valence-electron chi connectivity index (χ3n) is 4.61. The van der Waals surface area contributed by atoms with Gasteiger partial charge in [0.2, 0.25) is 0 Å². The summed E-state index contributed by atoms with van der Waals surface area (Å²) in [5.74, 6) is 0.802. The third kappa shape index (κ3) is 5.08. The third-order valence-corrected chi connectivity index (χ3v) is 4.61. The molecule has 1 aliphatic heterocycles. The fourth-order valence-corrected chi connectivity index (χ4v) is 2.98. The first-order valence-corrected chi connectivity index (χ1v) is 8.96. The highest BCUT2D eigenvalue weighted by molar-refractivity contribution is 5.88. The van der Waals surface area contributed by atoms with Crippen LogP contribution in [0, 0.1) is 5.92 Å². The fraction of sp³-hybridized carbons (Fsp3) is 0.444. The van der Waals surface area contributed by atoms with Gasteiger partial charge < -0.3 is 15.5 Å². The number of halogens is 3. The van der Waals surface area contributed by atoms with E-state index in [-0.39, 0.29) is 12.4 Å². The average Bonchev–Trinajstić information content (AvgIpc) is 2.67. The monoisotopic (exact) mass is 394 g/mol. The summed E-state index contributed by atoms with van der Waals surface area (Å²) in [5, 5.41) is 12.5. The Balaban J connectivity index is 1.74. The van der Waals surface area contributed by atoms with Crippen molar-refractivity contribution in [2.24, 2.45) is 5.92 Å². The van der Waals surface area contributed by atoms with Crippen LogP contribution in [0.25, 0.3) is 0 Å². The van der Waals surface area contributed by atoms with Crippen molar-refractivity contribution in [3.8, 4) is 0 Å². The van der Waals surface area contributed by atoms with Crippen LogP contribution in [0.5, 0.6) is 0 Å². The zero-order valence-corrected chi connectivity index (χ0v) is 15.3. The van der Waals surface area contributed by atoms with E-state index in [0.29, 0.717) is 30.3 Å². The minimum atomic E-state index is -4.52. The number of piperidine rings is 1. The van der Waals surface area contributed by atoms with Crippen LogP contribution in [0.15, 0.2) is 30.6 Å². The van der Waals surface area contributed by atoms with Crippen LogP contribution in [0.4, 0.5) is 29.5 Å². The number of rotatable bonds is 4. The van der Waals surface area contributed by atoms with E-state index in [4.69, 9.17) is 0 Å². The Hall–Kier alpha value is -2.91. The van der Waals surface area contributed by atoms with Crippen molar-refractivity contribution in [3.63, 3.8) is 0 Å². The van der Waals surface area contributed by atoms with Crippen LogP contribution in [-0.2, 0) is 12.7 Å². The Morgan fingerprint density at radius 1 is 1.21 bits per heavy atom. The van der Waals surface area contributed by atoms with Gasteiger partial charge in [-0.05, 0) is 30.9 Å². The molecule has 0 bridgehead atoms. The molecule has 0 unspecified atom stereocenters. The van der Waals surface area contributed by atoms with Crippen LogP contribution < -0.4 is 15.5 Å². The van der Waals surface area contributed by atoms with Crippen LogP contribution in [0.1, 0.15) is 31.0 Å². The molecule has 7 nitrogen and oxygen atoms in total. The number of aromatic nitrogens is 3. The largest absolute Gasteiger partial charge is 0.433 e. The van der Waals surface area contributed by atoms with E-state index in [1.807, 2.05) is 4.90 Å². The Kier molecular flexibility index (Phi) is 5.96. The lowest BCUT2D eigenvalue weighted by atomic mass is 9.99. The van der Waals surface area contributed by atoms with E-state index in [9.17, 15) is 18.0 Å². The number of hydrogen-bond acceptors (Lipinski definition) is 5. The van der Waals surface area contributed by atoms with Crippen LogP contribution in [0.3, 0.4) is 0 Å². The Morgan fingerprint density at radius 2 is 1.96 bits per heavy atom. The predicted molar refractivity (Wildman–Crippen MR) is 97.7 cm³/mol. The van der Waals surface area contributed by atoms with Crippen LogP contribution in [-0.4, -0.2) is 34.3 Å². The Labute approximate surface area is 160 Å². The van der Waals surface area contributed by atoms with Gasteiger partial charge in [0.1, 0.15) is 11.5 Å². The number of urea groups is 1. The average molecular weight is 394 g/mol. The standard InChI is InChI=1S/C18H21F3N6O/c1-12-5-8-27(9-6-12)16-13(2-3-15(26-16)18(19,20)21)10-22-17(28)25-14-4-7-23-24-11-14/h2-4,7,11-12H,5-6,8-10H2,1H3,(H2,22,23,25,28). The molecule has 0 spiro atoms. The van der Waals surface area contributed by atoms with Crippen molar-refractivity contribution in [2.45, 2.75) is 32.5 Å².